The first kappa shape index (κ1) is 17.2. The highest BCUT2D eigenvalue weighted by Gasteiger charge is 2.11. The maximum absolute atomic E-state index is 12.6. The minimum Gasteiger partial charge on any atom is -0.496 e. The van der Waals surface area contributed by atoms with Crippen molar-refractivity contribution < 1.29 is 9.53 Å². The molecule has 0 aliphatic carbocycles. The molecule has 0 fully saturated rings. The van der Waals surface area contributed by atoms with Gasteiger partial charge in [-0.05, 0) is 53.6 Å². The van der Waals surface area contributed by atoms with Gasteiger partial charge in [-0.2, -0.15) is 0 Å². The standard InChI is InChI=1S/C22H18N2O2S/c1-14-11-17(9-10-20(14)26-2)19-13-27-22(23-19)24-21(25)18-8-7-15-5-3-4-6-16(15)12-18/h3-13H,1-2H3,(H,23,24,25). The van der Waals surface area contributed by atoms with Crippen molar-refractivity contribution in [2.24, 2.45) is 0 Å². The fourth-order valence-corrected chi connectivity index (χ4v) is 3.72. The van der Waals surface area contributed by atoms with Crippen LogP contribution in [0.25, 0.3) is 22.0 Å². The Kier molecular flexibility index (Phi) is 4.60. The Morgan fingerprint density at radius 3 is 2.63 bits per heavy atom. The maximum Gasteiger partial charge on any atom is 0.257 e. The van der Waals surface area contributed by atoms with Crippen molar-refractivity contribution in [1.82, 2.24) is 4.98 Å². The number of carbonyl (C=O) groups is 1. The van der Waals surface area contributed by atoms with Crippen molar-refractivity contribution in [3.05, 3.63) is 77.2 Å². The van der Waals surface area contributed by atoms with Crippen LogP contribution in [0.4, 0.5) is 5.13 Å². The SMILES string of the molecule is COc1ccc(-c2csc(NC(=O)c3ccc4ccccc4c3)n2)cc1C. The highest BCUT2D eigenvalue weighted by molar-refractivity contribution is 7.14. The lowest BCUT2D eigenvalue weighted by atomic mass is 10.1. The molecule has 0 unspecified atom stereocenters. The number of hydrogen-bond acceptors (Lipinski definition) is 4. The third kappa shape index (κ3) is 3.55. The summed E-state index contributed by atoms with van der Waals surface area (Å²) in [6.07, 6.45) is 0. The van der Waals surface area contributed by atoms with Gasteiger partial charge in [0, 0.05) is 16.5 Å². The van der Waals surface area contributed by atoms with Crippen LogP contribution >= 0.6 is 11.3 Å². The molecule has 0 radical (unpaired) electrons. The van der Waals surface area contributed by atoms with Crippen LogP contribution in [0.15, 0.2) is 66.0 Å². The molecule has 3 aromatic carbocycles. The number of carbonyl (C=O) groups excluding carboxylic acids is 1. The van der Waals surface area contributed by atoms with E-state index in [0.29, 0.717) is 10.7 Å². The van der Waals surface area contributed by atoms with E-state index in [-0.39, 0.29) is 5.91 Å². The molecule has 1 heterocycles. The molecule has 0 aliphatic heterocycles. The van der Waals surface area contributed by atoms with Crippen LogP contribution in [0, 0.1) is 6.92 Å². The molecule has 0 spiro atoms. The number of nitrogens with zero attached hydrogens (tertiary/aromatic N) is 1. The second-order valence-corrected chi connectivity index (χ2v) is 7.10. The smallest absolute Gasteiger partial charge is 0.257 e. The number of amides is 1. The van der Waals surface area contributed by atoms with E-state index in [4.69, 9.17) is 4.74 Å². The summed E-state index contributed by atoms with van der Waals surface area (Å²) >= 11 is 1.41. The predicted octanol–water partition coefficient (Wildman–Crippen LogP) is 5.53. The van der Waals surface area contributed by atoms with E-state index in [1.165, 1.54) is 11.3 Å². The van der Waals surface area contributed by atoms with Gasteiger partial charge >= 0.3 is 0 Å². The van der Waals surface area contributed by atoms with Crippen LogP contribution < -0.4 is 10.1 Å². The molecule has 4 nitrogen and oxygen atoms in total. The molecule has 0 bridgehead atoms. The maximum atomic E-state index is 12.6. The zero-order valence-corrected chi connectivity index (χ0v) is 15.8. The highest BCUT2D eigenvalue weighted by atomic mass is 32.1. The molecule has 0 saturated heterocycles. The molecule has 0 saturated carbocycles. The number of thiazole rings is 1. The Bertz CT molecular complexity index is 1130. The average Bonchev–Trinajstić information content (AvgIpc) is 3.16. The van der Waals surface area contributed by atoms with E-state index in [9.17, 15) is 4.79 Å². The molecular formula is C22H18N2O2S. The van der Waals surface area contributed by atoms with Crippen LogP contribution in [0.1, 0.15) is 15.9 Å². The Balaban J connectivity index is 1.54. The summed E-state index contributed by atoms with van der Waals surface area (Å²) in [5, 5.41) is 7.57. The molecule has 27 heavy (non-hydrogen) atoms. The summed E-state index contributed by atoms with van der Waals surface area (Å²) < 4.78 is 5.30. The summed E-state index contributed by atoms with van der Waals surface area (Å²) in [5.41, 5.74) is 3.49. The molecule has 134 valence electrons. The number of methoxy groups -OCH3 is 1. The number of rotatable bonds is 4. The van der Waals surface area contributed by atoms with Gasteiger partial charge in [0.1, 0.15) is 5.75 Å². The lowest BCUT2D eigenvalue weighted by molar-refractivity contribution is 0.102. The normalized spacial score (nSPS) is 10.7. The van der Waals surface area contributed by atoms with Crippen LogP contribution in [0.3, 0.4) is 0 Å². The second kappa shape index (κ2) is 7.21. The molecule has 1 N–H and O–H groups in total. The Labute approximate surface area is 161 Å². The highest BCUT2D eigenvalue weighted by Crippen LogP contribution is 2.29. The van der Waals surface area contributed by atoms with Gasteiger partial charge in [-0.25, -0.2) is 4.98 Å². The fourth-order valence-electron chi connectivity index (χ4n) is 3.00. The van der Waals surface area contributed by atoms with Gasteiger partial charge in [0.2, 0.25) is 0 Å². The van der Waals surface area contributed by atoms with Gasteiger partial charge in [-0.3, -0.25) is 10.1 Å². The quantitative estimate of drug-likeness (QED) is 0.511. The summed E-state index contributed by atoms with van der Waals surface area (Å²) in [4.78, 5) is 17.1. The van der Waals surface area contributed by atoms with Gasteiger partial charge in [0.15, 0.2) is 5.13 Å². The molecule has 1 aromatic heterocycles. The van der Waals surface area contributed by atoms with E-state index in [1.54, 1.807) is 7.11 Å². The van der Waals surface area contributed by atoms with Crippen LogP contribution in [0.2, 0.25) is 0 Å². The molecule has 0 aliphatic rings. The van der Waals surface area contributed by atoms with Crippen molar-refractivity contribution in [2.45, 2.75) is 6.92 Å². The first-order valence-corrected chi connectivity index (χ1v) is 9.43. The lowest BCUT2D eigenvalue weighted by Crippen LogP contribution is -2.11. The Morgan fingerprint density at radius 2 is 1.85 bits per heavy atom. The minimum absolute atomic E-state index is 0.160. The van der Waals surface area contributed by atoms with Crippen molar-refractivity contribution in [3.8, 4) is 17.0 Å². The predicted molar refractivity (Wildman–Crippen MR) is 111 cm³/mol. The molecule has 4 aromatic rings. The molecule has 0 atom stereocenters. The topological polar surface area (TPSA) is 51.2 Å². The number of ether oxygens (including phenoxy) is 1. The molecule has 1 amide bonds. The molecule has 4 rings (SSSR count). The number of aryl methyl sites for hydroxylation is 1. The number of benzene rings is 3. The Hall–Kier alpha value is -3.18. The first-order chi connectivity index (χ1) is 13.1. The van der Waals surface area contributed by atoms with Gasteiger partial charge in [0.05, 0.1) is 12.8 Å². The number of fused-ring (bicyclic) bond motifs is 1. The van der Waals surface area contributed by atoms with E-state index in [2.05, 4.69) is 10.3 Å². The summed E-state index contributed by atoms with van der Waals surface area (Å²) in [6.45, 7) is 2.00. The van der Waals surface area contributed by atoms with Crippen LogP contribution in [0.5, 0.6) is 5.75 Å². The van der Waals surface area contributed by atoms with Crippen molar-refractivity contribution in [3.63, 3.8) is 0 Å². The van der Waals surface area contributed by atoms with Gasteiger partial charge < -0.3 is 4.74 Å². The molecule has 5 heteroatoms. The van der Waals surface area contributed by atoms with Gasteiger partial charge in [-0.1, -0.05) is 30.3 Å². The average molecular weight is 374 g/mol. The van der Waals surface area contributed by atoms with E-state index in [1.807, 2.05) is 73.0 Å². The van der Waals surface area contributed by atoms with Crippen molar-refractivity contribution >= 4 is 33.1 Å². The summed E-state index contributed by atoms with van der Waals surface area (Å²) in [6, 6.07) is 19.6. The molecular weight excluding hydrogens is 356 g/mol. The number of anilines is 1. The zero-order valence-electron chi connectivity index (χ0n) is 15.0. The summed E-state index contributed by atoms with van der Waals surface area (Å²) in [5.74, 6) is 0.686. The first-order valence-electron chi connectivity index (χ1n) is 8.55. The van der Waals surface area contributed by atoms with E-state index < -0.39 is 0 Å². The third-order valence-electron chi connectivity index (χ3n) is 4.43. The zero-order chi connectivity index (χ0) is 18.8. The van der Waals surface area contributed by atoms with E-state index >= 15 is 0 Å². The van der Waals surface area contributed by atoms with Gasteiger partial charge in [-0.15, -0.1) is 11.3 Å². The van der Waals surface area contributed by atoms with Crippen molar-refractivity contribution in [1.29, 1.82) is 0 Å². The largest absolute Gasteiger partial charge is 0.496 e. The number of nitrogens with one attached hydrogen (secondary N) is 1. The summed E-state index contributed by atoms with van der Waals surface area (Å²) in [7, 11) is 1.66. The van der Waals surface area contributed by atoms with E-state index in [0.717, 1.165) is 33.3 Å². The van der Waals surface area contributed by atoms with Crippen molar-refractivity contribution in [2.75, 3.05) is 12.4 Å². The van der Waals surface area contributed by atoms with Gasteiger partial charge in [0.25, 0.3) is 5.91 Å². The number of hydrogen-bond donors (Lipinski definition) is 1. The lowest BCUT2D eigenvalue weighted by Gasteiger charge is -2.06. The number of aromatic nitrogens is 1. The minimum atomic E-state index is -0.160. The Morgan fingerprint density at radius 1 is 1.04 bits per heavy atom. The second-order valence-electron chi connectivity index (χ2n) is 6.24. The fraction of sp³-hybridized carbons (Fsp3) is 0.0909. The van der Waals surface area contributed by atoms with Crippen LogP contribution in [-0.2, 0) is 0 Å². The monoisotopic (exact) mass is 374 g/mol. The van der Waals surface area contributed by atoms with Crippen LogP contribution in [-0.4, -0.2) is 18.0 Å². The third-order valence-corrected chi connectivity index (χ3v) is 5.18.